The molecule has 1 atom stereocenters. The third-order valence-corrected chi connectivity index (χ3v) is 4.25. The summed E-state index contributed by atoms with van der Waals surface area (Å²) in [6.07, 6.45) is 0. The van der Waals surface area contributed by atoms with Gasteiger partial charge in [0.05, 0.1) is 13.2 Å². The minimum atomic E-state index is -0.682. The lowest BCUT2D eigenvalue weighted by Gasteiger charge is -2.10. The fourth-order valence-electron chi connectivity index (χ4n) is 2.10. The summed E-state index contributed by atoms with van der Waals surface area (Å²) in [5.41, 5.74) is 0.447. The summed E-state index contributed by atoms with van der Waals surface area (Å²) in [7, 11) is 0. The van der Waals surface area contributed by atoms with Crippen LogP contribution in [0.5, 0.6) is 0 Å². The SMILES string of the molecule is CCOC(=O)/C(C1=NC(C(=O)OCC)CS1)=C(/O)c1ccccc1. The van der Waals surface area contributed by atoms with Crippen LogP contribution in [0.15, 0.2) is 40.9 Å². The Hall–Kier alpha value is -2.28. The predicted octanol–water partition coefficient (Wildman–Crippen LogP) is 2.60. The van der Waals surface area contributed by atoms with Crippen LogP contribution in [0.3, 0.4) is 0 Å². The Kier molecular flexibility index (Phi) is 6.43. The van der Waals surface area contributed by atoms with E-state index in [4.69, 9.17) is 9.47 Å². The molecule has 0 radical (unpaired) electrons. The summed E-state index contributed by atoms with van der Waals surface area (Å²) in [4.78, 5) is 28.4. The molecule has 1 N–H and O–H groups in total. The number of aliphatic hydroxyl groups excluding tert-OH is 1. The van der Waals surface area contributed by atoms with E-state index in [1.54, 1.807) is 44.2 Å². The normalized spacial score (nSPS) is 17.8. The van der Waals surface area contributed by atoms with Crippen molar-refractivity contribution in [1.82, 2.24) is 0 Å². The van der Waals surface area contributed by atoms with Gasteiger partial charge in [-0.2, -0.15) is 0 Å². The minimum absolute atomic E-state index is 0.0279. The summed E-state index contributed by atoms with van der Waals surface area (Å²) in [6, 6.07) is 7.98. The first kappa shape index (κ1) is 18.1. The molecule has 1 unspecified atom stereocenters. The molecule has 2 rings (SSSR count). The second-order valence-corrected chi connectivity index (χ2v) is 5.83. The number of aliphatic hydroxyl groups is 1. The first-order chi connectivity index (χ1) is 11.6. The smallest absolute Gasteiger partial charge is 0.344 e. The Labute approximate surface area is 144 Å². The highest BCUT2D eigenvalue weighted by atomic mass is 32.2. The Morgan fingerprint density at radius 2 is 1.88 bits per heavy atom. The number of nitrogens with zero attached hydrogens (tertiary/aromatic N) is 1. The number of benzene rings is 1. The molecule has 128 valence electrons. The maximum Gasteiger partial charge on any atom is 0.344 e. The van der Waals surface area contributed by atoms with Gasteiger partial charge in [0.2, 0.25) is 0 Å². The highest BCUT2D eigenvalue weighted by molar-refractivity contribution is 8.14. The summed E-state index contributed by atoms with van der Waals surface area (Å²) in [6.45, 7) is 3.83. The van der Waals surface area contributed by atoms with E-state index < -0.39 is 18.0 Å². The number of rotatable bonds is 6. The van der Waals surface area contributed by atoms with Crippen LogP contribution in [-0.4, -0.2) is 47.1 Å². The van der Waals surface area contributed by atoms with Crippen molar-refractivity contribution in [2.24, 2.45) is 4.99 Å². The molecular formula is C17H19NO5S. The molecular weight excluding hydrogens is 330 g/mol. The van der Waals surface area contributed by atoms with E-state index in [9.17, 15) is 14.7 Å². The van der Waals surface area contributed by atoms with E-state index in [0.29, 0.717) is 11.3 Å². The monoisotopic (exact) mass is 349 g/mol. The van der Waals surface area contributed by atoms with E-state index in [0.717, 1.165) is 0 Å². The number of thioether (sulfide) groups is 1. The van der Waals surface area contributed by atoms with Crippen molar-refractivity contribution < 1.29 is 24.2 Å². The number of carbonyl (C=O) groups is 2. The fraction of sp³-hybridized carbons (Fsp3) is 0.353. The van der Waals surface area contributed by atoms with Gasteiger partial charge in [0.25, 0.3) is 0 Å². The Morgan fingerprint density at radius 1 is 1.21 bits per heavy atom. The maximum absolute atomic E-state index is 12.3. The van der Waals surface area contributed by atoms with Gasteiger partial charge in [0.1, 0.15) is 16.4 Å². The van der Waals surface area contributed by atoms with Crippen molar-refractivity contribution in [2.75, 3.05) is 19.0 Å². The predicted molar refractivity (Wildman–Crippen MR) is 92.9 cm³/mol. The van der Waals surface area contributed by atoms with Crippen molar-refractivity contribution in [3.63, 3.8) is 0 Å². The summed E-state index contributed by atoms with van der Waals surface area (Å²) in [5.74, 6) is -0.971. The molecule has 0 spiro atoms. The summed E-state index contributed by atoms with van der Waals surface area (Å²) in [5, 5.41) is 10.8. The molecule has 0 saturated carbocycles. The second kappa shape index (κ2) is 8.54. The topological polar surface area (TPSA) is 85.2 Å². The van der Waals surface area contributed by atoms with Crippen molar-refractivity contribution in [3.05, 3.63) is 41.5 Å². The van der Waals surface area contributed by atoms with Gasteiger partial charge in [0, 0.05) is 11.3 Å². The van der Waals surface area contributed by atoms with Crippen LogP contribution >= 0.6 is 11.8 Å². The molecule has 1 aromatic carbocycles. The summed E-state index contributed by atoms with van der Waals surface area (Å²) >= 11 is 1.22. The average Bonchev–Trinajstić information content (AvgIpc) is 3.06. The number of carbonyl (C=O) groups excluding carboxylic acids is 2. The molecule has 0 fully saturated rings. The van der Waals surface area contributed by atoms with Crippen LogP contribution in [0, 0.1) is 0 Å². The van der Waals surface area contributed by atoms with Crippen molar-refractivity contribution in [1.29, 1.82) is 0 Å². The third kappa shape index (κ3) is 4.17. The quantitative estimate of drug-likeness (QED) is 0.483. The average molecular weight is 349 g/mol. The Morgan fingerprint density at radius 3 is 2.50 bits per heavy atom. The molecule has 6 nitrogen and oxygen atoms in total. The molecule has 1 aliphatic rings. The lowest BCUT2D eigenvalue weighted by molar-refractivity contribution is -0.144. The van der Waals surface area contributed by atoms with E-state index >= 15 is 0 Å². The van der Waals surface area contributed by atoms with E-state index in [1.807, 2.05) is 0 Å². The molecule has 0 bridgehead atoms. The molecule has 0 aromatic heterocycles. The lowest BCUT2D eigenvalue weighted by atomic mass is 10.1. The Balaban J connectivity index is 2.39. The number of esters is 2. The molecule has 1 aliphatic heterocycles. The zero-order chi connectivity index (χ0) is 17.5. The van der Waals surface area contributed by atoms with E-state index in [-0.39, 0.29) is 29.6 Å². The third-order valence-electron chi connectivity index (χ3n) is 3.19. The number of hydrogen-bond donors (Lipinski definition) is 1. The molecule has 24 heavy (non-hydrogen) atoms. The highest BCUT2D eigenvalue weighted by Crippen LogP contribution is 2.29. The second-order valence-electron chi connectivity index (χ2n) is 4.82. The van der Waals surface area contributed by atoms with Crippen LogP contribution in [0.4, 0.5) is 0 Å². The fourth-order valence-corrected chi connectivity index (χ4v) is 3.15. The molecule has 0 amide bonds. The van der Waals surface area contributed by atoms with Gasteiger partial charge in [-0.25, -0.2) is 9.59 Å². The maximum atomic E-state index is 12.3. The van der Waals surface area contributed by atoms with Crippen LogP contribution in [0.25, 0.3) is 5.76 Å². The van der Waals surface area contributed by atoms with Crippen LogP contribution in [-0.2, 0) is 19.1 Å². The minimum Gasteiger partial charge on any atom is -0.506 e. The zero-order valence-corrected chi connectivity index (χ0v) is 14.3. The van der Waals surface area contributed by atoms with E-state index in [2.05, 4.69) is 4.99 Å². The van der Waals surface area contributed by atoms with Crippen molar-refractivity contribution >= 4 is 34.5 Å². The number of aliphatic imine (C=N–C) groups is 1. The molecule has 1 aromatic rings. The number of ether oxygens (including phenoxy) is 2. The standard InChI is InChI=1S/C17H19NO5S/c1-3-22-16(20)12-10-24-15(18-12)13(17(21)23-4-2)14(19)11-8-6-5-7-9-11/h5-9,12,19H,3-4,10H2,1-2H3/b14-13+. The highest BCUT2D eigenvalue weighted by Gasteiger charge is 2.32. The van der Waals surface area contributed by atoms with Crippen LogP contribution < -0.4 is 0 Å². The van der Waals surface area contributed by atoms with Gasteiger partial charge in [-0.05, 0) is 13.8 Å². The molecule has 1 heterocycles. The van der Waals surface area contributed by atoms with Gasteiger partial charge in [-0.3, -0.25) is 4.99 Å². The molecule has 0 aliphatic carbocycles. The van der Waals surface area contributed by atoms with Crippen molar-refractivity contribution in [3.8, 4) is 0 Å². The van der Waals surface area contributed by atoms with Crippen molar-refractivity contribution in [2.45, 2.75) is 19.9 Å². The van der Waals surface area contributed by atoms with Gasteiger partial charge >= 0.3 is 11.9 Å². The summed E-state index contributed by atoms with van der Waals surface area (Å²) < 4.78 is 9.99. The lowest BCUT2D eigenvalue weighted by Crippen LogP contribution is -2.21. The molecule has 7 heteroatoms. The molecule has 0 saturated heterocycles. The van der Waals surface area contributed by atoms with Crippen LogP contribution in [0.1, 0.15) is 19.4 Å². The van der Waals surface area contributed by atoms with Crippen LogP contribution in [0.2, 0.25) is 0 Å². The number of hydrogen-bond acceptors (Lipinski definition) is 7. The Bertz CT molecular complexity index is 669. The largest absolute Gasteiger partial charge is 0.506 e. The van der Waals surface area contributed by atoms with Gasteiger partial charge in [-0.1, -0.05) is 30.3 Å². The van der Waals surface area contributed by atoms with Gasteiger partial charge in [0.15, 0.2) is 6.04 Å². The zero-order valence-electron chi connectivity index (χ0n) is 13.5. The van der Waals surface area contributed by atoms with E-state index in [1.165, 1.54) is 11.8 Å². The van der Waals surface area contributed by atoms with Gasteiger partial charge in [-0.15, -0.1) is 11.8 Å². The van der Waals surface area contributed by atoms with Gasteiger partial charge < -0.3 is 14.6 Å². The first-order valence-electron chi connectivity index (χ1n) is 7.61. The first-order valence-corrected chi connectivity index (χ1v) is 8.60.